The Bertz CT molecular complexity index is 956. The highest BCUT2D eigenvalue weighted by Gasteiger charge is 2.26. The number of benzene rings is 1. The van der Waals surface area contributed by atoms with Crippen LogP contribution < -0.4 is 4.72 Å². The van der Waals surface area contributed by atoms with Crippen molar-refractivity contribution in [3.8, 4) is 0 Å². The van der Waals surface area contributed by atoms with Crippen molar-refractivity contribution >= 4 is 36.9 Å². The summed E-state index contributed by atoms with van der Waals surface area (Å²) < 4.78 is 51.1. The van der Waals surface area contributed by atoms with Crippen molar-refractivity contribution in [2.75, 3.05) is 10.6 Å². The van der Waals surface area contributed by atoms with Gasteiger partial charge in [0, 0.05) is 10.6 Å². The van der Waals surface area contributed by atoms with Crippen molar-refractivity contribution in [2.45, 2.75) is 23.0 Å². The van der Waals surface area contributed by atoms with E-state index in [9.17, 15) is 26.9 Å². The lowest BCUT2D eigenvalue weighted by Crippen LogP contribution is -2.17. The average Bonchev–Trinajstić information content (AvgIpc) is 2.88. The highest BCUT2D eigenvalue weighted by molar-refractivity contribution is 7.94. The van der Waals surface area contributed by atoms with Gasteiger partial charge in [-0.15, -0.1) is 11.3 Å². The summed E-state index contributed by atoms with van der Waals surface area (Å²) in [4.78, 5) is 9.46. The van der Waals surface area contributed by atoms with Crippen LogP contribution in [0, 0.1) is 24.0 Å². The van der Waals surface area contributed by atoms with E-state index in [1.807, 2.05) is 0 Å². The molecule has 11 heteroatoms. The zero-order chi connectivity index (χ0) is 18.1. The number of thiophene rings is 1. The van der Waals surface area contributed by atoms with E-state index in [1.54, 1.807) is 11.4 Å². The van der Waals surface area contributed by atoms with E-state index in [-0.39, 0.29) is 25.9 Å². The van der Waals surface area contributed by atoms with Gasteiger partial charge in [-0.25, -0.2) is 16.8 Å². The van der Waals surface area contributed by atoms with Crippen LogP contribution in [0.5, 0.6) is 0 Å². The summed E-state index contributed by atoms with van der Waals surface area (Å²) in [6.45, 7) is 2.92. The summed E-state index contributed by atoms with van der Waals surface area (Å²) >= 11 is 1.05. The van der Waals surface area contributed by atoms with Crippen molar-refractivity contribution in [2.24, 2.45) is 0 Å². The maximum Gasteiger partial charge on any atom is 0.305 e. The Morgan fingerprint density at radius 3 is 2.21 bits per heavy atom. The molecular formula is C13H14N2O6S3. The highest BCUT2D eigenvalue weighted by atomic mass is 32.2. The molecule has 0 radical (unpaired) electrons. The van der Waals surface area contributed by atoms with Crippen molar-refractivity contribution in [1.82, 2.24) is 0 Å². The summed E-state index contributed by atoms with van der Waals surface area (Å²) in [5.41, 5.74) is 0.667. The molecule has 1 aromatic carbocycles. The van der Waals surface area contributed by atoms with Crippen molar-refractivity contribution in [1.29, 1.82) is 0 Å². The number of nitro groups is 1. The summed E-state index contributed by atoms with van der Waals surface area (Å²) in [5, 5.41) is 12.2. The van der Waals surface area contributed by atoms with E-state index in [0.717, 1.165) is 11.3 Å². The molecule has 0 amide bonds. The molecule has 0 aliphatic rings. The first kappa shape index (κ1) is 18.4. The lowest BCUT2D eigenvalue weighted by Gasteiger charge is -2.13. The molecule has 2 rings (SSSR count). The Morgan fingerprint density at radius 1 is 1.17 bits per heavy atom. The molecule has 1 aromatic heterocycles. The van der Waals surface area contributed by atoms with E-state index in [4.69, 9.17) is 0 Å². The zero-order valence-electron chi connectivity index (χ0n) is 12.7. The molecule has 0 saturated heterocycles. The largest absolute Gasteiger partial charge is 0.305 e. The lowest BCUT2D eigenvalue weighted by atomic mass is 10.1. The number of anilines is 1. The predicted octanol–water partition coefficient (Wildman–Crippen LogP) is 2.17. The number of sulfone groups is 1. The zero-order valence-corrected chi connectivity index (χ0v) is 15.2. The predicted molar refractivity (Wildman–Crippen MR) is 90.1 cm³/mol. The average molecular weight is 390 g/mol. The third-order valence-corrected chi connectivity index (χ3v) is 7.65. The molecule has 0 aliphatic heterocycles. The molecule has 130 valence electrons. The van der Waals surface area contributed by atoms with Crippen molar-refractivity contribution < 1.29 is 21.8 Å². The van der Waals surface area contributed by atoms with Crippen LogP contribution in [-0.4, -0.2) is 27.6 Å². The van der Waals surface area contributed by atoms with Gasteiger partial charge in [0.15, 0.2) is 0 Å². The first-order chi connectivity index (χ1) is 11.0. The van der Waals surface area contributed by atoms with E-state index in [0.29, 0.717) is 0 Å². The molecule has 0 saturated carbocycles. The van der Waals surface area contributed by atoms with E-state index >= 15 is 0 Å². The molecule has 0 unspecified atom stereocenters. The summed E-state index contributed by atoms with van der Waals surface area (Å²) in [6, 6.07) is 5.72. The second kappa shape index (κ2) is 6.49. The molecule has 0 fully saturated rings. The molecule has 0 aliphatic carbocycles. The quantitative estimate of drug-likeness (QED) is 0.595. The Morgan fingerprint density at radius 2 is 1.75 bits per heavy atom. The third kappa shape index (κ3) is 3.91. The standard InChI is InChI=1S/C13H14N2O6S3/c1-9-6-11(14-24(20,21)12-4-3-5-22-12)7-10(2)13(9)23(18,19)8-15(16)17/h3-7,14H,8H2,1-2H3. The molecule has 0 atom stereocenters. The van der Waals surface area contributed by atoms with Gasteiger partial charge in [0.1, 0.15) is 4.21 Å². The maximum atomic E-state index is 12.2. The fraction of sp³-hybridized carbons (Fsp3) is 0.231. The van der Waals surface area contributed by atoms with Crippen LogP contribution >= 0.6 is 11.3 Å². The van der Waals surface area contributed by atoms with Gasteiger partial charge in [-0.1, -0.05) is 6.07 Å². The van der Waals surface area contributed by atoms with Crippen LogP contribution in [-0.2, 0) is 19.9 Å². The summed E-state index contributed by atoms with van der Waals surface area (Å²) in [6.07, 6.45) is 0. The van der Waals surface area contributed by atoms with Crippen LogP contribution in [0.15, 0.2) is 38.8 Å². The Kier molecular flexibility index (Phi) is 4.97. The minimum atomic E-state index is -4.10. The molecule has 1 heterocycles. The first-order valence-electron chi connectivity index (χ1n) is 6.55. The first-order valence-corrected chi connectivity index (χ1v) is 10.6. The van der Waals surface area contributed by atoms with Crippen molar-refractivity contribution in [3.05, 3.63) is 50.9 Å². The second-order valence-corrected chi connectivity index (χ2v) is 9.81. The van der Waals surface area contributed by atoms with Gasteiger partial charge in [0.2, 0.25) is 9.84 Å². The molecule has 1 N–H and O–H groups in total. The minimum absolute atomic E-state index is 0.128. The lowest BCUT2D eigenvalue weighted by molar-refractivity contribution is -0.458. The van der Waals surface area contributed by atoms with E-state index in [2.05, 4.69) is 4.72 Å². The Hall–Kier alpha value is -1.98. The van der Waals surface area contributed by atoms with E-state index < -0.39 is 30.7 Å². The fourth-order valence-corrected chi connectivity index (χ4v) is 5.86. The summed E-state index contributed by atoms with van der Waals surface area (Å²) in [5.74, 6) is -1.21. The maximum absolute atomic E-state index is 12.2. The van der Waals surface area contributed by atoms with Gasteiger partial charge < -0.3 is 0 Å². The van der Waals surface area contributed by atoms with Crippen LogP contribution in [0.2, 0.25) is 0 Å². The smallest absolute Gasteiger partial charge is 0.279 e. The molecule has 8 nitrogen and oxygen atoms in total. The van der Waals surface area contributed by atoms with Gasteiger partial charge >= 0.3 is 5.88 Å². The monoisotopic (exact) mass is 390 g/mol. The van der Waals surface area contributed by atoms with Gasteiger partial charge in [-0.05, 0) is 48.6 Å². The minimum Gasteiger partial charge on any atom is -0.279 e. The third-order valence-electron chi connectivity index (χ3n) is 3.06. The number of rotatable bonds is 6. The highest BCUT2D eigenvalue weighted by Crippen LogP contribution is 2.27. The number of aryl methyl sites for hydroxylation is 2. The molecule has 2 aromatic rings. The molecule has 24 heavy (non-hydrogen) atoms. The molecule has 0 spiro atoms. The number of hydrogen-bond donors (Lipinski definition) is 1. The van der Waals surface area contributed by atoms with Gasteiger partial charge in [0.25, 0.3) is 10.0 Å². The Labute approximate surface area is 143 Å². The van der Waals surface area contributed by atoms with Crippen molar-refractivity contribution in [3.63, 3.8) is 0 Å². The molecular weight excluding hydrogens is 376 g/mol. The van der Waals surface area contributed by atoms with Crippen LogP contribution in [0.3, 0.4) is 0 Å². The van der Waals surface area contributed by atoms with Gasteiger partial charge in [-0.3, -0.25) is 14.8 Å². The molecule has 0 bridgehead atoms. The normalized spacial score (nSPS) is 12.1. The Balaban J connectivity index is 2.43. The number of nitrogens with zero attached hydrogens (tertiary/aromatic N) is 1. The van der Waals surface area contributed by atoms with Crippen LogP contribution in [0.4, 0.5) is 5.69 Å². The van der Waals surface area contributed by atoms with Gasteiger partial charge in [-0.2, -0.15) is 0 Å². The number of nitrogens with one attached hydrogen (secondary N) is 1. The topological polar surface area (TPSA) is 123 Å². The second-order valence-electron chi connectivity index (χ2n) is 5.05. The number of sulfonamides is 1. The van der Waals surface area contributed by atoms with Crippen LogP contribution in [0.25, 0.3) is 0 Å². The number of hydrogen-bond acceptors (Lipinski definition) is 7. The summed E-state index contributed by atoms with van der Waals surface area (Å²) in [7, 11) is -7.86. The fourth-order valence-electron chi connectivity index (χ4n) is 2.32. The van der Waals surface area contributed by atoms with Crippen LogP contribution in [0.1, 0.15) is 11.1 Å². The SMILES string of the molecule is Cc1cc(NS(=O)(=O)c2cccs2)cc(C)c1S(=O)(=O)C[N+](=O)[O-]. The van der Waals surface area contributed by atoms with E-state index in [1.165, 1.54) is 32.0 Å². The van der Waals surface area contributed by atoms with Gasteiger partial charge in [0.05, 0.1) is 4.90 Å².